The number of nitrogens with zero attached hydrogens (tertiary/aromatic N) is 1. The number of hydrogen-bond donors (Lipinski definition) is 0. The molecule has 0 amide bonds. The monoisotopic (exact) mass is 645 g/mol. The third-order valence-corrected chi connectivity index (χ3v) is 13.3. The molecule has 0 bridgehead atoms. The Morgan fingerprint density at radius 1 is 0.510 bits per heavy atom. The van der Waals surface area contributed by atoms with Gasteiger partial charge in [-0.1, -0.05) is 164 Å². The second kappa shape index (κ2) is 10.5. The molecule has 234 valence electrons. The Balaban J connectivity index is 1.17. The van der Waals surface area contributed by atoms with E-state index in [1.807, 2.05) is 11.8 Å². The standard InChI is InChI=1S/C47H35NS/c1-2-14-33-30(12-1)13-9-16-34(33)31-26-28-32(29-27-31)35-17-10-22-41-46(35)49-44-25-8-5-20-39(44)47(41)38-19-4-7-24-43(38)48-42-23-6-3-15-36(42)37-18-11-21-40(47)45(37)48/h1-3,5-6,8-18,20-23,25-29,38,43H,4,7,19,24H2. The summed E-state index contributed by atoms with van der Waals surface area (Å²) >= 11 is 1.98. The molecule has 0 saturated heterocycles. The number of hydrogen-bond acceptors (Lipinski definition) is 1. The molecule has 8 aromatic rings. The van der Waals surface area contributed by atoms with Crippen LogP contribution in [-0.4, -0.2) is 4.57 Å². The Morgan fingerprint density at radius 3 is 2.06 bits per heavy atom. The van der Waals surface area contributed by atoms with Crippen LogP contribution in [0.25, 0.3) is 54.8 Å². The Hall–Kier alpha value is -5.05. The second-order valence-corrected chi connectivity index (χ2v) is 15.3. The third-order valence-electron chi connectivity index (χ3n) is 12.0. The molecular weight excluding hydrogens is 611 g/mol. The summed E-state index contributed by atoms with van der Waals surface area (Å²) in [6.07, 6.45) is 5.04. The lowest BCUT2D eigenvalue weighted by molar-refractivity contribution is 0.172. The maximum absolute atomic E-state index is 2.77. The molecule has 0 radical (unpaired) electrons. The van der Waals surface area contributed by atoms with Crippen molar-refractivity contribution in [2.24, 2.45) is 5.92 Å². The van der Waals surface area contributed by atoms with Crippen LogP contribution in [-0.2, 0) is 5.41 Å². The van der Waals surface area contributed by atoms with Crippen molar-refractivity contribution in [2.75, 3.05) is 0 Å². The van der Waals surface area contributed by atoms with Gasteiger partial charge in [-0.25, -0.2) is 0 Å². The fourth-order valence-electron chi connectivity index (χ4n) is 10.2. The summed E-state index contributed by atoms with van der Waals surface area (Å²) in [4.78, 5) is 2.82. The SMILES string of the molecule is c1ccc2c(c1)Sc1c(-c3ccc(-c4cccc5ccccc45)cc3)cccc1C21c2cccc3c4ccccc4n(c23)C2CCCCC21. The predicted molar refractivity (Wildman–Crippen MR) is 206 cm³/mol. The fourth-order valence-corrected chi connectivity index (χ4v) is 11.5. The molecule has 0 N–H and O–H groups in total. The first-order chi connectivity index (χ1) is 24.3. The summed E-state index contributed by atoms with van der Waals surface area (Å²) in [7, 11) is 0. The molecule has 3 unspecified atom stereocenters. The topological polar surface area (TPSA) is 4.93 Å². The van der Waals surface area contributed by atoms with Crippen molar-refractivity contribution < 1.29 is 0 Å². The zero-order chi connectivity index (χ0) is 32.1. The molecule has 7 aromatic carbocycles. The van der Waals surface area contributed by atoms with E-state index < -0.39 is 0 Å². The van der Waals surface area contributed by atoms with Crippen molar-refractivity contribution >= 4 is 44.3 Å². The minimum absolute atomic E-state index is 0.217. The fraction of sp³-hybridized carbons (Fsp3) is 0.149. The van der Waals surface area contributed by atoms with Crippen molar-refractivity contribution in [3.05, 3.63) is 168 Å². The Labute approximate surface area is 291 Å². The summed E-state index contributed by atoms with van der Waals surface area (Å²) in [6, 6.07) is 58.0. The Morgan fingerprint density at radius 2 is 1.14 bits per heavy atom. The molecule has 1 nitrogen and oxygen atoms in total. The molecule has 1 aromatic heterocycles. The van der Waals surface area contributed by atoms with Gasteiger partial charge in [0, 0.05) is 32.1 Å². The maximum atomic E-state index is 2.77. The number of fused-ring (bicyclic) bond motifs is 12. The number of aromatic nitrogens is 1. The van der Waals surface area contributed by atoms with Crippen molar-refractivity contribution in [3.8, 4) is 22.3 Å². The van der Waals surface area contributed by atoms with Crippen molar-refractivity contribution in [1.29, 1.82) is 0 Å². The van der Waals surface area contributed by atoms with E-state index >= 15 is 0 Å². The highest BCUT2D eigenvalue weighted by Gasteiger charge is 2.55. The number of rotatable bonds is 2. The van der Waals surface area contributed by atoms with Crippen molar-refractivity contribution in [3.63, 3.8) is 0 Å². The van der Waals surface area contributed by atoms with Crippen molar-refractivity contribution in [1.82, 2.24) is 4.57 Å². The summed E-state index contributed by atoms with van der Waals surface area (Å²) in [6.45, 7) is 0. The lowest BCUT2D eigenvalue weighted by Gasteiger charge is -2.54. The molecule has 11 rings (SSSR count). The highest BCUT2D eigenvalue weighted by Crippen LogP contribution is 2.65. The minimum atomic E-state index is -0.217. The molecular formula is C47H35NS. The summed E-state index contributed by atoms with van der Waals surface area (Å²) in [5.74, 6) is 0.472. The molecule has 1 aliphatic carbocycles. The van der Waals surface area contributed by atoms with Crippen LogP contribution in [0.5, 0.6) is 0 Å². The van der Waals surface area contributed by atoms with E-state index in [1.54, 1.807) is 0 Å². The zero-order valence-electron chi connectivity index (χ0n) is 27.3. The first-order valence-corrected chi connectivity index (χ1v) is 18.7. The average Bonchev–Trinajstić information content (AvgIpc) is 3.51. The van der Waals surface area contributed by atoms with Crippen LogP contribution in [0, 0.1) is 5.92 Å². The molecule has 49 heavy (non-hydrogen) atoms. The van der Waals surface area contributed by atoms with E-state index in [-0.39, 0.29) is 5.41 Å². The van der Waals surface area contributed by atoms with Crippen LogP contribution in [0.4, 0.5) is 0 Å². The normalized spacial score (nSPS) is 20.7. The van der Waals surface area contributed by atoms with Gasteiger partial charge in [-0.05, 0) is 80.6 Å². The summed E-state index contributed by atoms with van der Waals surface area (Å²) < 4.78 is 2.77. The van der Waals surface area contributed by atoms with Gasteiger partial charge in [0.1, 0.15) is 0 Å². The van der Waals surface area contributed by atoms with Gasteiger partial charge in [-0.15, -0.1) is 0 Å². The molecule has 3 heterocycles. The highest BCUT2D eigenvalue weighted by atomic mass is 32.2. The van der Waals surface area contributed by atoms with Crippen LogP contribution in [0.15, 0.2) is 161 Å². The van der Waals surface area contributed by atoms with Gasteiger partial charge in [0.05, 0.1) is 10.9 Å². The molecule has 3 atom stereocenters. The number of benzene rings is 7. The molecule has 2 heteroatoms. The Bertz CT molecular complexity index is 2600. The minimum Gasteiger partial charge on any atom is -0.337 e. The summed E-state index contributed by atoms with van der Waals surface area (Å²) in [5, 5.41) is 5.37. The highest BCUT2D eigenvalue weighted by molar-refractivity contribution is 7.99. The summed E-state index contributed by atoms with van der Waals surface area (Å²) in [5.41, 5.74) is 12.3. The van der Waals surface area contributed by atoms with Crippen LogP contribution < -0.4 is 0 Å². The van der Waals surface area contributed by atoms with E-state index in [4.69, 9.17) is 0 Å². The zero-order valence-corrected chi connectivity index (χ0v) is 28.1. The van der Waals surface area contributed by atoms with E-state index in [2.05, 4.69) is 156 Å². The lowest BCUT2D eigenvalue weighted by Crippen LogP contribution is -2.48. The molecule has 1 fully saturated rings. The average molecular weight is 646 g/mol. The first-order valence-electron chi connectivity index (χ1n) is 17.8. The van der Waals surface area contributed by atoms with Gasteiger partial charge in [-0.2, -0.15) is 0 Å². The predicted octanol–water partition coefficient (Wildman–Crippen LogP) is 12.8. The van der Waals surface area contributed by atoms with Crippen LogP contribution in [0.1, 0.15) is 48.4 Å². The van der Waals surface area contributed by atoms with E-state index in [1.165, 1.54) is 107 Å². The quantitative estimate of drug-likeness (QED) is 0.181. The van der Waals surface area contributed by atoms with Gasteiger partial charge < -0.3 is 4.57 Å². The number of para-hydroxylation sites is 2. The maximum Gasteiger partial charge on any atom is 0.0542 e. The van der Waals surface area contributed by atoms with Gasteiger partial charge in [0.25, 0.3) is 0 Å². The van der Waals surface area contributed by atoms with Gasteiger partial charge in [-0.3, -0.25) is 0 Å². The van der Waals surface area contributed by atoms with E-state index in [9.17, 15) is 0 Å². The molecule has 3 aliphatic rings. The molecule has 1 saturated carbocycles. The first kappa shape index (κ1) is 27.9. The van der Waals surface area contributed by atoms with E-state index in [0.29, 0.717) is 12.0 Å². The van der Waals surface area contributed by atoms with Crippen LogP contribution in [0.2, 0.25) is 0 Å². The largest absolute Gasteiger partial charge is 0.337 e. The smallest absolute Gasteiger partial charge is 0.0542 e. The second-order valence-electron chi connectivity index (χ2n) is 14.2. The molecule has 1 spiro atoms. The van der Waals surface area contributed by atoms with Crippen LogP contribution >= 0.6 is 11.8 Å². The third kappa shape index (κ3) is 3.73. The van der Waals surface area contributed by atoms with Crippen molar-refractivity contribution in [2.45, 2.75) is 46.9 Å². The Kier molecular flexibility index (Phi) is 5.95. The molecule has 2 aliphatic heterocycles. The van der Waals surface area contributed by atoms with Crippen LogP contribution in [0.3, 0.4) is 0 Å². The van der Waals surface area contributed by atoms with Gasteiger partial charge in [0.15, 0.2) is 0 Å². The van der Waals surface area contributed by atoms with E-state index in [0.717, 1.165) is 0 Å². The van der Waals surface area contributed by atoms with Gasteiger partial charge in [0.2, 0.25) is 0 Å². The lowest BCUT2D eigenvalue weighted by atomic mass is 9.55. The van der Waals surface area contributed by atoms with Gasteiger partial charge >= 0.3 is 0 Å².